The zero-order valence-corrected chi connectivity index (χ0v) is 13.1. The molecule has 0 fully saturated rings. The summed E-state index contributed by atoms with van der Waals surface area (Å²) in [6.07, 6.45) is 7.62. The maximum atomic E-state index is 11.9. The average Bonchev–Trinajstić information content (AvgIpc) is 2.38. The third kappa shape index (κ3) is 5.21. The second-order valence-electron chi connectivity index (χ2n) is 4.92. The Morgan fingerprint density at radius 2 is 2.00 bits per heavy atom. The molecule has 0 bridgehead atoms. The first-order valence-corrected chi connectivity index (χ1v) is 8.17. The van der Waals surface area contributed by atoms with Crippen LogP contribution in [0.1, 0.15) is 36.8 Å². The van der Waals surface area contributed by atoms with E-state index in [1.54, 1.807) is 6.92 Å². The Balaban J connectivity index is 2.86. The van der Waals surface area contributed by atoms with Gasteiger partial charge in [0.15, 0.2) is 0 Å². The van der Waals surface area contributed by atoms with Gasteiger partial charge in [-0.05, 0) is 49.9 Å². The van der Waals surface area contributed by atoms with Gasteiger partial charge in [-0.3, -0.25) is 4.79 Å². The van der Waals surface area contributed by atoms with E-state index < -0.39 is 10.0 Å². The van der Waals surface area contributed by atoms with Crippen molar-refractivity contribution in [3.63, 3.8) is 0 Å². The highest BCUT2D eigenvalue weighted by molar-refractivity contribution is 7.89. The molecule has 0 aliphatic rings. The highest BCUT2D eigenvalue weighted by Gasteiger charge is 2.14. The number of aryl methyl sites for hydroxylation is 1. The minimum absolute atomic E-state index is 0.00627. The number of primary sulfonamides is 1. The molecule has 21 heavy (non-hydrogen) atoms. The summed E-state index contributed by atoms with van der Waals surface area (Å²) in [7, 11) is -3.80. The van der Waals surface area contributed by atoms with Crippen LogP contribution in [0.5, 0.6) is 0 Å². The highest BCUT2D eigenvalue weighted by atomic mass is 32.2. The number of amides is 1. The molecule has 0 aliphatic carbocycles. The molecule has 1 amide bonds. The van der Waals surface area contributed by atoms with Gasteiger partial charge in [0, 0.05) is 18.5 Å². The van der Waals surface area contributed by atoms with Crippen molar-refractivity contribution in [1.29, 1.82) is 0 Å². The Bertz CT molecular complexity index is 673. The number of carbonyl (C=O) groups is 1. The summed E-state index contributed by atoms with van der Waals surface area (Å²) in [4.78, 5) is 11.9. The topological polar surface area (TPSA) is 89.3 Å². The number of hydrogen-bond acceptors (Lipinski definition) is 3. The van der Waals surface area contributed by atoms with Gasteiger partial charge in [-0.1, -0.05) is 0 Å². The van der Waals surface area contributed by atoms with Gasteiger partial charge in [-0.15, -0.1) is 12.3 Å². The van der Waals surface area contributed by atoms with Crippen molar-refractivity contribution < 1.29 is 13.2 Å². The molecule has 0 aliphatic heterocycles. The molecule has 0 saturated heterocycles. The molecule has 0 unspecified atom stereocenters. The molecular formula is C15H20N2O3S. The van der Waals surface area contributed by atoms with Gasteiger partial charge in [0.1, 0.15) is 0 Å². The van der Waals surface area contributed by atoms with E-state index in [1.165, 1.54) is 12.1 Å². The number of unbranched alkanes of at least 4 members (excludes halogenated alkanes) is 2. The first-order valence-electron chi connectivity index (χ1n) is 6.63. The normalized spacial score (nSPS) is 11.0. The average molecular weight is 308 g/mol. The molecular weight excluding hydrogens is 288 g/mol. The quantitative estimate of drug-likeness (QED) is 0.623. The van der Waals surface area contributed by atoms with E-state index in [-0.39, 0.29) is 10.8 Å². The minimum atomic E-state index is -3.80. The number of nitrogens with one attached hydrogen (secondary N) is 1. The fourth-order valence-electron chi connectivity index (χ4n) is 1.85. The smallest absolute Gasteiger partial charge is 0.238 e. The summed E-state index contributed by atoms with van der Waals surface area (Å²) in [6.45, 7) is 3.59. The lowest BCUT2D eigenvalue weighted by atomic mass is 10.1. The molecule has 1 aromatic carbocycles. The molecule has 5 nitrogen and oxygen atoms in total. The summed E-state index contributed by atoms with van der Waals surface area (Å²) in [5.41, 5.74) is 2.05. The lowest BCUT2D eigenvalue weighted by molar-refractivity contribution is -0.116. The Morgan fingerprint density at radius 3 is 2.57 bits per heavy atom. The Kier molecular flexibility index (Phi) is 5.94. The SMILES string of the molecule is C#CCCCCC(=O)Nc1cc(S(N)(=O)=O)cc(C)c1C. The molecule has 0 spiro atoms. The summed E-state index contributed by atoms with van der Waals surface area (Å²) < 4.78 is 22.8. The van der Waals surface area contributed by atoms with Crippen LogP contribution < -0.4 is 10.5 Å². The number of nitrogens with two attached hydrogens (primary N) is 1. The first-order chi connectivity index (χ1) is 9.75. The van der Waals surface area contributed by atoms with Gasteiger partial charge < -0.3 is 5.32 Å². The summed E-state index contributed by atoms with van der Waals surface area (Å²) in [5.74, 6) is 2.35. The van der Waals surface area contributed by atoms with Crippen LogP contribution in [0.3, 0.4) is 0 Å². The third-order valence-corrected chi connectivity index (χ3v) is 4.11. The predicted molar refractivity (Wildman–Crippen MR) is 83.2 cm³/mol. The maximum Gasteiger partial charge on any atom is 0.238 e. The van der Waals surface area contributed by atoms with Crippen LogP contribution >= 0.6 is 0 Å². The van der Waals surface area contributed by atoms with Gasteiger partial charge in [0.05, 0.1) is 4.90 Å². The monoisotopic (exact) mass is 308 g/mol. The fourth-order valence-corrected chi connectivity index (χ4v) is 2.47. The van der Waals surface area contributed by atoms with Crippen molar-refractivity contribution in [3.05, 3.63) is 23.3 Å². The van der Waals surface area contributed by atoms with Crippen molar-refractivity contribution in [1.82, 2.24) is 0 Å². The fraction of sp³-hybridized carbons (Fsp3) is 0.400. The van der Waals surface area contributed by atoms with Crippen molar-refractivity contribution in [2.45, 2.75) is 44.4 Å². The molecule has 0 saturated carbocycles. The van der Waals surface area contributed by atoms with Gasteiger partial charge >= 0.3 is 0 Å². The van der Waals surface area contributed by atoms with Gasteiger partial charge in [-0.2, -0.15) is 0 Å². The van der Waals surface area contributed by atoms with Crippen LogP contribution in [0.2, 0.25) is 0 Å². The first kappa shape index (κ1) is 17.2. The van der Waals surface area contributed by atoms with Crippen molar-refractivity contribution in [2.75, 3.05) is 5.32 Å². The van der Waals surface area contributed by atoms with Crippen molar-refractivity contribution in [2.24, 2.45) is 5.14 Å². The van der Waals surface area contributed by atoms with E-state index in [1.807, 2.05) is 6.92 Å². The number of rotatable bonds is 6. The standard InChI is InChI=1S/C15H20N2O3S/c1-4-5-6-7-8-15(18)17-14-10-13(21(16,19)20)9-11(2)12(14)3/h1,9-10H,5-8H2,2-3H3,(H,17,18)(H2,16,19,20). The van der Waals surface area contributed by atoms with Crippen molar-refractivity contribution in [3.8, 4) is 12.3 Å². The summed E-state index contributed by atoms with van der Waals surface area (Å²) in [6, 6.07) is 2.88. The number of anilines is 1. The predicted octanol–water partition coefficient (Wildman–Crippen LogP) is 2.08. The van der Waals surface area contributed by atoms with E-state index in [2.05, 4.69) is 11.2 Å². The zero-order valence-electron chi connectivity index (χ0n) is 12.3. The molecule has 3 N–H and O–H groups in total. The van der Waals surface area contributed by atoms with Gasteiger partial charge in [-0.25, -0.2) is 13.6 Å². The van der Waals surface area contributed by atoms with Crippen LogP contribution in [0.4, 0.5) is 5.69 Å². The zero-order chi connectivity index (χ0) is 16.0. The number of carbonyl (C=O) groups excluding carboxylic acids is 1. The number of hydrogen-bond donors (Lipinski definition) is 2. The Morgan fingerprint density at radius 1 is 1.33 bits per heavy atom. The van der Waals surface area contributed by atoms with Crippen LogP contribution in [-0.4, -0.2) is 14.3 Å². The third-order valence-electron chi connectivity index (χ3n) is 3.22. The van der Waals surface area contributed by atoms with E-state index >= 15 is 0 Å². The molecule has 6 heteroatoms. The van der Waals surface area contributed by atoms with Gasteiger partial charge in [0.2, 0.25) is 15.9 Å². The van der Waals surface area contributed by atoms with Crippen LogP contribution in [-0.2, 0) is 14.8 Å². The van der Waals surface area contributed by atoms with E-state index in [4.69, 9.17) is 11.6 Å². The van der Waals surface area contributed by atoms with Crippen LogP contribution in [0.25, 0.3) is 0 Å². The molecule has 1 rings (SSSR count). The number of benzene rings is 1. The maximum absolute atomic E-state index is 11.9. The van der Waals surface area contributed by atoms with Crippen molar-refractivity contribution >= 4 is 21.6 Å². The number of terminal acetylenes is 1. The molecule has 0 radical (unpaired) electrons. The lowest BCUT2D eigenvalue weighted by Gasteiger charge is -2.12. The molecule has 0 atom stereocenters. The Labute approximate surface area is 126 Å². The summed E-state index contributed by atoms with van der Waals surface area (Å²) >= 11 is 0. The van der Waals surface area contributed by atoms with Crippen LogP contribution in [0, 0.1) is 26.2 Å². The molecule has 114 valence electrons. The van der Waals surface area contributed by atoms with Crippen LogP contribution in [0.15, 0.2) is 17.0 Å². The molecule has 0 aromatic heterocycles. The second kappa shape index (κ2) is 7.25. The molecule has 0 heterocycles. The lowest BCUT2D eigenvalue weighted by Crippen LogP contribution is -2.16. The second-order valence-corrected chi connectivity index (χ2v) is 6.48. The van der Waals surface area contributed by atoms with E-state index in [9.17, 15) is 13.2 Å². The highest BCUT2D eigenvalue weighted by Crippen LogP contribution is 2.23. The van der Waals surface area contributed by atoms with E-state index in [0.29, 0.717) is 24.9 Å². The Hall–Kier alpha value is -1.84. The van der Waals surface area contributed by atoms with E-state index in [0.717, 1.165) is 17.5 Å². The minimum Gasteiger partial charge on any atom is -0.326 e. The van der Waals surface area contributed by atoms with Gasteiger partial charge in [0.25, 0.3) is 0 Å². The largest absolute Gasteiger partial charge is 0.326 e. The summed E-state index contributed by atoms with van der Waals surface area (Å²) in [5, 5.41) is 7.86. The molecule has 1 aromatic rings. The number of sulfonamides is 1.